The first-order valence-electron chi connectivity index (χ1n) is 5.42. The van der Waals surface area contributed by atoms with Crippen LogP contribution in [0.1, 0.15) is 0 Å². The second-order valence-corrected chi connectivity index (χ2v) is 6.94. The van der Waals surface area contributed by atoms with E-state index in [-0.39, 0.29) is 9.82 Å². The van der Waals surface area contributed by atoms with E-state index in [1.807, 2.05) is 0 Å². The molecule has 2 N–H and O–H groups in total. The van der Waals surface area contributed by atoms with Crippen LogP contribution in [0.5, 0.6) is 0 Å². The van der Waals surface area contributed by atoms with Crippen molar-refractivity contribution < 1.29 is 30.7 Å². The molecule has 0 aromatic rings. The van der Waals surface area contributed by atoms with E-state index in [0.29, 0.717) is 12.2 Å². The monoisotopic (exact) mass is 348 g/mol. The van der Waals surface area contributed by atoms with Crippen molar-refractivity contribution in [3.8, 4) is 0 Å². The SMILES string of the molecule is O=[N+]1C=CC(S(=O)(=O)O)=CC1=C1C=C(S(=O)(=O)O)C=CN1[O-]. The number of nitrogens with zero attached hydrogens (tertiary/aromatic N) is 2. The van der Waals surface area contributed by atoms with Gasteiger partial charge in [-0.3, -0.25) is 9.11 Å². The number of allylic oxidation sites excluding steroid dienone is 4. The van der Waals surface area contributed by atoms with Crippen LogP contribution in [0.25, 0.3) is 0 Å². The molecular weight excluding hydrogens is 340 g/mol. The lowest BCUT2D eigenvalue weighted by Gasteiger charge is -2.29. The summed E-state index contributed by atoms with van der Waals surface area (Å²) in [6, 6.07) is 0. The molecule has 2 rings (SSSR count). The van der Waals surface area contributed by atoms with Crippen molar-refractivity contribution in [2.75, 3.05) is 0 Å². The topological polar surface area (TPSA) is 155 Å². The first kappa shape index (κ1) is 16.3. The molecule has 0 aromatic heterocycles. The molecule has 0 saturated carbocycles. The van der Waals surface area contributed by atoms with Crippen molar-refractivity contribution in [1.29, 1.82) is 0 Å². The maximum atomic E-state index is 11.7. The fourth-order valence-electron chi connectivity index (χ4n) is 1.63. The van der Waals surface area contributed by atoms with Crippen molar-refractivity contribution >= 4 is 20.2 Å². The van der Waals surface area contributed by atoms with Gasteiger partial charge in [0, 0.05) is 17.1 Å². The summed E-state index contributed by atoms with van der Waals surface area (Å²) in [4.78, 5) is 10.4. The molecule has 0 radical (unpaired) electrons. The zero-order valence-corrected chi connectivity index (χ0v) is 12.2. The van der Waals surface area contributed by atoms with E-state index in [4.69, 9.17) is 9.11 Å². The van der Waals surface area contributed by atoms with Gasteiger partial charge in [0.15, 0.2) is 0 Å². The molecule has 118 valence electrons. The van der Waals surface area contributed by atoms with Gasteiger partial charge in [0.1, 0.15) is 10.6 Å². The normalized spacial score (nSPS) is 22.7. The molecule has 0 fully saturated rings. The highest BCUT2D eigenvalue weighted by Crippen LogP contribution is 2.26. The Morgan fingerprint density at radius 3 is 2.09 bits per heavy atom. The van der Waals surface area contributed by atoms with Gasteiger partial charge in [-0.25, -0.2) is 0 Å². The number of rotatable bonds is 2. The largest absolute Gasteiger partial charge is 0.754 e. The molecule has 0 bridgehead atoms. The summed E-state index contributed by atoms with van der Waals surface area (Å²) < 4.78 is 62.2. The van der Waals surface area contributed by atoms with E-state index in [0.717, 1.165) is 24.6 Å². The highest BCUT2D eigenvalue weighted by molar-refractivity contribution is 7.90. The van der Waals surface area contributed by atoms with Crippen molar-refractivity contribution in [2.24, 2.45) is 0 Å². The molecule has 12 heteroatoms. The Morgan fingerprint density at radius 1 is 1.00 bits per heavy atom. The van der Waals surface area contributed by atoms with E-state index in [1.165, 1.54) is 0 Å². The quantitative estimate of drug-likeness (QED) is 0.532. The molecule has 0 amide bonds. The van der Waals surface area contributed by atoms with Crippen molar-refractivity contribution in [3.63, 3.8) is 0 Å². The molecule has 0 spiro atoms. The van der Waals surface area contributed by atoms with Crippen LogP contribution in [0.15, 0.2) is 57.9 Å². The summed E-state index contributed by atoms with van der Waals surface area (Å²) in [7, 11) is -9.27. The van der Waals surface area contributed by atoms with Gasteiger partial charge < -0.3 is 10.3 Å². The van der Waals surface area contributed by atoms with Crippen molar-refractivity contribution in [1.82, 2.24) is 5.06 Å². The lowest BCUT2D eigenvalue weighted by atomic mass is 10.2. The highest BCUT2D eigenvalue weighted by Gasteiger charge is 2.29. The number of hydrogen-bond donors (Lipinski definition) is 2. The number of hydrogen-bond acceptors (Lipinski definition) is 7. The molecule has 0 aromatic carbocycles. The van der Waals surface area contributed by atoms with Gasteiger partial charge in [0.2, 0.25) is 6.20 Å². The number of hydroxylamine groups is 2. The second kappa shape index (κ2) is 5.26. The molecule has 2 heterocycles. The molecule has 2 aliphatic heterocycles. The van der Waals surface area contributed by atoms with Crippen LogP contribution < -0.4 is 0 Å². The van der Waals surface area contributed by atoms with Gasteiger partial charge in [0.25, 0.3) is 25.9 Å². The van der Waals surface area contributed by atoms with Gasteiger partial charge in [0.05, 0.1) is 9.67 Å². The van der Waals surface area contributed by atoms with Crippen molar-refractivity contribution in [3.05, 3.63) is 68.0 Å². The molecule has 0 aliphatic carbocycles. The Hall–Kier alpha value is -2.12. The summed E-state index contributed by atoms with van der Waals surface area (Å²) in [6.07, 6.45) is 4.43. The predicted molar refractivity (Wildman–Crippen MR) is 73.4 cm³/mol. The first-order chi connectivity index (χ1) is 10.00. The molecule has 0 atom stereocenters. The average Bonchev–Trinajstić information content (AvgIpc) is 2.37. The Morgan fingerprint density at radius 2 is 1.55 bits per heavy atom. The van der Waals surface area contributed by atoms with Gasteiger partial charge in [-0.1, -0.05) is 0 Å². The third-order valence-corrected chi connectivity index (χ3v) is 4.34. The average molecular weight is 348 g/mol. The van der Waals surface area contributed by atoms with Crippen LogP contribution in [-0.2, 0) is 20.2 Å². The van der Waals surface area contributed by atoms with Gasteiger partial charge in [-0.2, -0.15) is 16.8 Å². The third kappa shape index (κ3) is 3.20. The smallest absolute Gasteiger partial charge is 0.295 e. The number of nitroso groups, excluding NO2 is 1. The first-order valence-corrected chi connectivity index (χ1v) is 8.30. The molecule has 0 saturated heterocycles. The van der Waals surface area contributed by atoms with Crippen LogP contribution >= 0.6 is 0 Å². The Kier molecular flexibility index (Phi) is 3.88. The Labute approximate surface area is 124 Å². The fraction of sp³-hybridized carbons (Fsp3) is 0. The van der Waals surface area contributed by atoms with Crippen LogP contribution in [0.4, 0.5) is 0 Å². The zero-order chi connectivity index (χ0) is 16.7. The maximum Gasteiger partial charge on any atom is 0.295 e. The van der Waals surface area contributed by atoms with Crippen LogP contribution in [0, 0.1) is 10.1 Å². The summed E-state index contributed by atoms with van der Waals surface area (Å²) >= 11 is 0. The van der Waals surface area contributed by atoms with Crippen LogP contribution in [0.3, 0.4) is 0 Å². The van der Waals surface area contributed by atoms with E-state index < -0.39 is 41.4 Å². The summed E-state index contributed by atoms with van der Waals surface area (Å²) in [5, 5.41) is 11.8. The zero-order valence-electron chi connectivity index (χ0n) is 10.5. The molecule has 2 aliphatic rings. The molecule has 0 unspecified atom stereocenters. The fourth-order valence-corrected chi connectivity index (χ4v) is 2.62. The predicted octanol–water partition coefficient (Wildman–Crippen LogP) is 0.375. The Bertz CT molecular complexity index is 903. The van der Waals surface area contributed by atoms with Gasteiger partial charge in [-0.05, 0) is 18.4 Å². The van der Waals surface area contributed by atoms with E-state index in [2.05, 4.69) is 0 Å². The summed E-state index contributed by atoms with van der Waals surface area (Å²) in [5.41, 5.74) is -1.06. The third-order valence-electron chi connectivity index (χ3n) is 2.64. The summed E-state index contributed by atoms with van der Waals surface area (Å²) in [6.45, 7) is 0. The van der Waals surface area contributed by atoms with Gasteiger partial charge in [-0.15, -0.1) is 0 Å². The lowest BCUT2D eigenvalue weighted by Crippen LogP contribution is -2.19. The molecule has 22 heavy (non-hydrogen) atoms. The van der Waals surface area contributed by atoms with E-state index in [9.17, 15) is 26.9 Å². The van der Waals surface area contributed by atoms with E-state index in [1.54, 1.807) is 0 Å². The highest BCUT2D eigenvalue weighted by atomic mass is 32.2. The molecular formula is C10H8N2O8S2. The standard InChI is InChI=1S/C10H8N2O8S2/c13-11-3-1-7(21(15,16)17)5-9(11)10-6-8(22(18,19)20)2-4-12(10)14/h1-6H,(H,15,16,17)(H,18,19,20). The minimum Gasteiger partial charge on any atom is -0.754 e. The van der Waals surface area contributed by atoms with Crippen LogP contribution in [-0.4, -0.2) is 35.8 Å². The van der Waals surface area contributed by atoms with Gasteiger partial charge >= 0.3 is 0 Å². The molecule has 10 nitrogen and oxygen atoms in total. The second-order valence-electron chi connectivity index (χ2n) is 4.10. The minimum absolute atomic E-state index is 0.103. The lowest BCUT2D eigenvalue weighted by molar-refractivity contribution is -0.421. The summed E-state index contributed by atoms with van der Waals surface area (Å²) in [5.74, 6) is 0. The minimum atomic E-state index is -4.63. The maximum absolute atomic E-state index is 11.7. The Balaban J connectivity index is 2.69. The van der Waals surface area contributed by atoms with E-state index >= 15 is 0 Å². The van der Waals surface area contributed by atoms with Crippen LogP contribution in [0.2, 0.25) is 0 Å². The van der Waals surface area contributed by atoms with Crippen molar-refractivity contribution in [2.45, 2.75) is 0 Å².